The van der Waals surface area contributed by atoms with E-state index in [4.69, 9.17) is 5.11 Å². The van der Waals surface area contributed by atoms with Crippen molar-refractivity contribution in [3.8, 4) is 0 Å². The second kappa shape index (κ2) is 14.0. The van der Waals surface area contributed by atoms with Crippen LogP contribution in [0.15, 0.2) is 0 Å². The number of unbranched alkanes of at least 4 members (excludes halogenated alkanes) is 4. The van der Waals surface area contributed by atoms with E-state index in [0.29, 0.717) is 17.8 Å². The first-order chi connectivity index (χ1) is 13.0. The standard InChI is InChI=1S/C24H46O4/c1-18(2)14-16-20(12-10-8-7-9-11-13-22(25)26)21(17-15-19(3)4)24(5,6)23(27)28/h18-21H,7-17H2,1-6H3,(H,25,26)(H,27,28). The predicted molar refractivity (Wildman–Crippen MR) is 116 cm³/mol. The van der Waals surface area contributed by atoms with Crippen molar-refractivity contribution in [2.24, 2.45) is 29.1 Å². The molecule has 4 nitrogen and oxygen atoms in total. The molecule has 2 N–H and O–H groups in total. The SMILES string of the molecule is CC(C)CCC(CCCCCCCC(=O)O)C(CCC(C)C)C(C)(C)C(=O)O. The van der Waals surface area contributed by atoms with Gasteiger partial charge in [0.2, 0.25) is 0 Å². The highest BCUT2D eigenvalue weighted by atomic mass is 16.4. The van der Waals surface area contributed by atoms with Crippen molar-refractivity contribution in [2.45, 2.75) is 112 Å². The molecule has 0 heterocycles. The van der Waals surface area contributed by atoms with Gasteiger partial charge in [-0.3, -0.25) is 9.59 Å². The molecule has 0 aromatic carbocycles. The molecule has 4 heteroatoms. The minimum absolute atomic E-state index is 0.207. The fraction of sp³-hybridized carbons (Fsp3) is 0.917. The van der Waals surface area contributed by atoms with Crippen LogP contribution in [0.2, 0.25) is 0 Å². The third kappa shape index (κ3) is 11.7. The maximum absolute atomic E-state index is 12.0. The number of carbonyl (C=O) groups is 2. The summed E-state index contributed by atoms with van der Waals surface area (Å²) >= 11 is 0. The van der Waals surface area contributed by atoms with Crippen LogP contribution in [0.3, 0.4) is 0 Å². The van der Waals surface area contributed by atoms with E-state index >= 15 is 0 Å². The lowest BCUT2D eigenvalue weighted by Gasteiger charge is -2.38. The van der Waals surface area contributed by atoms with Crippen LogP contribution in [-0.4, -0.2) is 22.2 Å². The van der Waals surface area contributed by atoms with E-state index in [9.17, 15) is 14.7 Å². The van der Waals surface area contributed by atoms with Crippen molar-refractivity contribution in [2.75, 3.05) is 0 Å². The molecule has 0 amide bonds. The number of carboxylic acid groups (broad SMARTS) is 2. The lowest BCUT2D eigenvalue weighted by atomic mass is 9.66. The summed E-state index contributed by atoms with van der Waals surface area (Å²) in [6.07, 6.45) is 10.7. The molecule has 0 bridgehead atoms. The number of hydrogen-bond donors (Lipinski definition) is 2. The van der Waals surface area contributed by atoms with Gasteiger partial charge in [-0.05, 0) is 56.8 Å². The normalized spacial score (nSPS) is 14.4. The largest absolute Gasteiger partial charge is 0.481 e. The molecule has 166 valence electrons. The van der Waals surface area contributed by atoms with Gasteiger partial charge in [0, 0.05) is 6.42 Å². The Morgan fingerprint density at radius 3 is 1.71 bits per heavy atom. The van der Waals surface area contributed by atoms with Crippen molar-refractivity contribution < 1.29 is 19.8 Å². The minimum atomic E-state index is -0.711. The van der Waals surface area contributed by atoms with E-state index < -0.39 is 17.4 Å². The van der Waals surface area contributed by atoms with Gasteiger partial charge in [-0.25, -0.2) is 0 Å². The van der Waals surface area contributed by atoms with E-state index in [1.54, 1.807) is 0 Å². The Kier molecular flexibility index (Phi) is 13.5. The maximum atomic E-state index is 12.0. The highest BCUT2D eigenvalue weighted by Crippen LogP contribution is 2.42. The van der Waals surface area contributed by atoms with E-state index in [-0.39, 0.29) is 12.3 Å². The summed E-state index contributed by atoms with van der Waals surface area (Å²) in [4.78, 5) is 22.6. The molecule has 28 heavy (non-hydrogen) atoms. The topological polar surface area (TPSA) is 74.6 Å². The Morgan fingerprint density at radius 2 is 1.21 bits per heavy atom. The summed E-state index contributed by atoms with van der Waals surface area (Å²) in [5, 5.41) is 18.6. The molecule has 0 aliphatic carbocycles. The quantitative estimate of drug-likeness (QED) is 0.258. The predicted octanol–water partition coefficient (Wildman–Crippen LogP) is 7.02. The Morgan fingerprint density at radius 1 is 0.714 bits per heavy atom. The molecule has 0 saturated carbocycles. The first kappa shape index (κ1) is 26.9. The van der Waals surface area contributed by atoms with Crippen LogP contribution in [0.25, 0.3) is 0 Å². The number of aliphatic carboxylic acids is 2. The zero-order chi connectivity index (χ0) is 21.7. The van der Waals surface area contributed by atoms with Gasteiger partial charge in [-0.1, -0.05) is 72.6 Å². The van der Waals surface area contributed by atoms with Gasteiger partial charge in [-0.15, -0.1) is 0 Å². The maximum Gasteiger partial charge on any atom is 0.309 e. The van der Waals surface area contributed by atoms with Crippen LogP contribution in [0.5, 0.6) is 0 Å². The van der Waals surface area contributed by atoms with Crippen molar-refractivity contribution in [1.82, 2.24) is 0 Å². The summed E-state index contributed by atoms with van der Waals surface area (Å²) in [5.41, 5.74) is -0.696. The van der Waals surface area contributed by atoms with Crippen LogP contribution < -0.4 is 0 Å². The highest BCUT2D eigenvalue weighted by Gasteiger charge is 2.40. The van der Waals surface area contributed by atoms with Gasteiger partial charge in [-0.2, -0.15) is 0 Å². The summed E-state index contributed by atoms with van der Waals surface area (Å²) in [7, 11) is 0. The van der Waals surface area contributed by atoms with Gasteiger partial charge in [0.1, 0.15) is 0 Å². The molecule has 0 aliphatic rings. The summed E-state index contributed by atoms with van der Waals surface area (Å²) in [6.45, 7) is 12.7. The Hall–Kier alpha value is -1.06. The van der Waals surface area contributed by atoms with E-state index in [1.165, 1.54) is 0 Å². The average molecular weight is 399 g/mol. The lowest BCUT2D eigenvalue weighted by Crippen LogP contribution is -2.38. The van der Waals surface area contributed by atoms with Gasteiger partial charge in [0.05, 0.1) is 5.41 Å². The highest BCUT2D eigenvalue weighted by molar-refractivity contribution is 5.74. The smallest absolute Gasteiger partial charge is 0.309 e. The van der Waals surface area contributed by atoms with Gasteiger partial charge in [0.15, 0.2) is 0 Å². The zero-order valence-corrected chi connectivity index (χ0v) is 19.3. The van der Waals surface area contributed by atoms with Crippen LogP contribution in [0, 0.1) is 29.1 Å². The van der Waals surface area contributed by atoms with Crippen LogP contribution in [0.4, 0.5) is 0 Å². The molecule has 2 unspecified atom stereocenters. The number of rotatable bonds is 17. The molecule has 0 aliphatic heterocycles. The number of hydrogen-bond acceptors (Lipinski definition) is 2. The molecule has 2 atom stereocenters. The first-order valence-electron chi connectivity index (χ1n) is 11.4. The first-order valence-corrected chi connectivity index (χ1v) is 11.4. The Labute approximate surface area is 173 Å². The Balaban J connectivity index is 4.90. The van der Waals surface area contributed by atoms with Crippen molar-refractivity contribution in [3.63, 3.8) is 0 Å². The summed E-state index contributed by atoms with van der Waals surface area (Å²) in [5.74, 6) is 0.496. The molecule has 0 aromatic rings. The summed E-state index contributed by atoms with van der Waals surface area (Å²) < 4.78 is 0. The lowest BCUT2D eigenvalue weighted by molar-refractivity contribution is -0.152. The van der Waals surface area contributed by atoms with Gasteiger partial charge >= 0.3 is 11.9 Å². The molecule has 0 aromatic heterocycles. The van der Waals surface area contributed by atoms with Crippen molar-refractivity contribution in [1.29, 1.82) is 0 Å². The second-order valence-corrected chi connectivity index (χ2v) is 10.0. The minimum Gasteiger partial charge on any atom is -0.481 e. The van der Waals surface area contributed by atoms with Crippen LogP contribution in [-0.2, 0) is 9.59 Å². The Bertz CT molecular complexity index is 440. The fourth-order valence-electron chi connectivity index (χ4n) is 4.16. The average Bonchev–Trinajstić information content (AvgIpc) is 2.56. The second-order valence-electron chi connectivity index (χ2n) is 10.0. The molecule has 0 rings (SSSR count). The third-order valence-electron chi connectivity index (χ3n) is 6.18. The van der Waals surface area contributed by atoms with Gasteiger partial charge < -0.3 is 10.2 Å². The van der Waals surface area contributed by atoms with Crippen LogP contribution in [0.1, 0.15) is 112 Å². The van der Waals surface area contributed by atoms with Gasteiger partial charge in [0.25, 0.3) is 0 Å². The monoisotopic (exact) mass is 398 g/mol. The molecule has 0 spiro atoms. The molecule has 0 saturated heterocycles. The molecule has 0 radical (unpaired) electrons. The number of carboxylic acids is 2. The molecule has 0 fully saturated rings. The van der Waals surface area contributed by atoms with E-state index in [0.717, 1.165) is 64.2 Å². The summed E-state index contributed by atoms with van der Waals surface area (Å²) in [6, 6.07) is 0. The van der Waals surface area contributed by atoms with Crippen molar-refractivity contribution >= 4 is 11.9 Å². The molecular weight excluding hydrogens is 352 g/mol. The third-order valence-corrected chi connectivity index (χ3v) is 6.18. The van der Waals surface area contributed by atoms with E-state index in [1.807, 2.05) is 13.8 Å². The molecular formula is C24H46O4. The van der Waals surface area contributed by atoms with E-state index in [2.05, 4.69) is 27.7 Å². The zero-order valence-electron chi connectivity index (χ0n) is 19.3. The van der Waals surface area contributed by atoms with Crippen molar-refractivity contribution in [3.05, 3.63) is 0 Å². The van der Waals surface area contributed by atoms with Crippen LogP contribution >= 0.6 is 0 Å². The fourth-order valence-corrected chi connectivity index (χ4v) is 4.16.